The number of rotatable bonds is 4. The van der Waals surface area contributed by atoms with E-state index in [1.54, 1.807) is 32.9 Å². The number of ether oxygens (including phenoxy) is 1. The molecule has 0 unspecified atom stereocenters. The second-order valence-electron chi connectivity index (χ2n) is 6.51. The molecule has 1 heterocycles. The molecule has 0 spiro atoms. The third-order valence-electron chi connectivity index (χ3n) is 3.43. The van der Waals surface area contributed by atoms with Gasteiger partial charge in [-0.05, 0) is 32.9 Å². The van der Waals surface area contributed by atoms with Crippen molar-refractivity contribution in [1.29, 1.82) is 0 Å². The second kappa shape index (κ2) is 7.17. The van der Waals surface area contributed by atoms with E-state index < -0.39 is 17.6 Å². The average molecular weight is 355 g/mol. The number of carbonyl (C=O) groups excluding carboxylic acids is 2. The van der Waals surface area contributed by atoms with Gasteiger partial charge in [-0.15, -0.1) is 11.6 Å². The predicted molar refractivity (Wildman–Crippen MR) is 96.2 cm³/mol. The first-order valence-corrected chi connectivity index (χ1v) is 8.27. The first-order chi connectivity index (χ1) is 11.2. The zero-order chi connectivity index (χ0) is 17.9. The van der Waals surface area contributed by atoms with Crippen LogP contribution in [0.25, 0.3) is 0 Å². The Morgan fingerprint density at radius 1 is 1.42 bits per heavy atom. The molecule has 1 aromatic rings. The van der Waals surface area contributed by atoms with Crippen LogP contribution < -0.4 is 21.3 Å². The van der Waals surface area contributed by atoms with E-state index in [9.17, 15) is 9.59 Å². The summed E-state index contributed by atoms with van der Waals surface area (Å²) < 4.78 is 5.23. The summed E-state index contributed by atoms with van der Waals surface area (Å²) >= 11 is 5.84. The van der Waals surface area contributed by atoms with Crippen LogP contribution in [-0.4, -0.2) is 43.1 Å². The number of anilines is 3. The Balaban J connectivity index is 2.35. The second-order valence-corrected chi connectivity index (χ2v) is 6.89. The maximum Gasteiger partial charge on any atom is 0.412 e. The van der Waals surface area contributed by atoms with Crippen LogP contribution in [0.2, 0.25) is 0 Å². The highest BCUT2D eigenvalue weighted by molar-refractivity contribution is 6.18. The lowest BCUT2D eigenvalue weighted by atomic mass is 10.1. The number of nitrogens with two attached hydrogens (primary N) is 1. The monoisotopic (exact) mass is 354 g/mol. The summed E-state index contributed by atoms with van der Waals surface area (Å²) in [6.45, 7) is 7.47. The van der Waals surface area contributed by atoms with Gasteiger partial charge in [-0.2, -0.15) is 0 Å². The Kier molecular flexibility index (Phi) is 5.43. The quantitative estimate of drug-likeness (QED) is 0.722. The summed E-state index contributed by atoms with van der Waals surface area (Å²) in [5.41, 5.74) is 7.02. The van der Waals surface area contributed by atoms with Crippen molar-refractivity contribution in [1.82, 2.24) is 0 Å². The fraction of sp³-hybridized carbons (Fsp3) is 0.500. The number of hydrogen-bond acceptors (Lipinski definition) is 5. The summed E-state index contributed by atoms with van der Waals surface area (Å²) in [6.07, 6.45) is -0.640. The largest absolute Gasteiger partial charge is 0.444 e. The minimum absolute atomic E-state index is 0.225. The first-order valence-electron chi connectivity index (χ1n) is 7.74. The van der Waals surface area contributed by atoms with E-state index in [1.165, 1.54) is 0 Å². The van der Waals surface area contributed by atoms with Crippen molar-refractivity contribution < 1.29 is 14.3 Å². The van der Waals surface area contributed by atoms with Crippen molar-refractivity contribution in [3.05, 3.63) is 17.7 Å². The number of nitrogens with zero attached hydrogens (tertiary/aromatic N) is 1. The molecule has 0 saturated carbocycles. The molecule has 2 amide bonds. The minimum atomic E-state index is -0.640. The molecule has 132 valence electrons. The lowest BCUT2D eigenvalue weighted by Gasteiger charge is -2.32. The SMILES string of the molecule is CC(C)(C)OC(=O)Nc1cc2c(cc1C(N)=O)N(CCCl)CCN2. The number of nitrogens with one attached hydrogen (secondary N) is 2. The lowest BCUT2D eigenvalue weighted by molar-refractivity contribution is 0.0636. The van der Waals surface area contributed by atoms with E-state index in [1.807, 2.05) is 0 Å². The molecule has 0 atom stereocenters. The Hall–Kier alpha value is -2.15. The summed E-state index contributed by atoms with van der Waals surface area (Å²) in [5.74, 6) is -0.149. The van der Waals surface area contributed by atoms with Crippen LogP contribution in [0.15, 0.2) is 12.1 Å². The summed E-state index contributed by atoms with van der Waals surface area (Å²) in [4.78, 5) is 25.9. The van der Waals surface area contributed by atoms with Gasteiger partial charge in [-0.3, -0.25) is 10.1 Å². The van der Waals surface area contributed by atoms with Crippen molar-refractivity contribution in [2.75, 3.05) is 41.0 Å². The van der Waals surface area contributed by atoms with E-state index in [0.717, 1.165) is 24.5 Å². The summed E-state index contributed by atoms with van der Waals surface area (Å²) in [5, 5.41) is 5.85. The van der Waals surface area contributed by atoms with Crippen LogP contribution >= 0.6 is 11.6 Å². The molecule has 8 heteroatoms. The van der Waals surface area contributed by atoms with Gasteiger partial charge < -0.3 is 20.7 Å². The number of amides is 2. The van der Waals surface area contributed by atoms with Gasteiger partial charge >= 0.3 is 6.09 Å². The Labute approximate surface area is 146 Å². The topological polar surface area (TPSA) is 96.7 Å². The van der Waals surface area contributed by atoms with Gasteiger partial charge in [0.05, 0.1) is 22.6 Å². The van der Waals surface area contributed by atoms with Crippen LogP contribution in [0, 0.1) is 0 Å². The highest BCUT2D eigenvalue weighted by Gasteiger charge is 2.23. The number of alkyl halides is 1. The van der Waals surface area contributed by atoms with Crippen molar-refractivity contribution in [3.63, 3.8) is 0 Å². The van der Waals surface area contributed by atoms with Crippen molar-refractivity contribution in [3.8, 4) is 0 Å². The van der Waals surface area contributed by atoms with Crippen molar-refractivity contribution in [2.24, 2.45) is 5.73 Å². The number of hydrogen-bond donors (Lipinski definition) is 3. The molecular formula is C16H23ClN4O3. The van der Waals surface area contributed by atoms with E-state index in [2.05, 4.69) is 15.5 Å². The minimum Gasteiger partial charge on any atom is -0.444 e. The Morgan fingerprint density at radius 2 is 2.12 bits per heavy atom. The zero-order valence-corrected chi connectivity index (χ0v) is 14.9. The van der Waals surface area contributed by atoms with Crippen LogP contribution in [-0.2, 0) is 4.74 Å². The van der Waals surface area contributed by atoms with E-state index in [4.69, 9.17) is 22.1 Å². The van der Waals surface area contributed by atoms with Gasteiger partial charge in [0.25, 0.3) is 5.91 Å². The number of halogens is 1. The molecular weight excluding hydrogens is 332 g/mol. The van der Waals surface area contributed by atoms with Gasteiger partial charge in [-0.1, -0.05) is 0 Å². The number of benzene rings is 1. The molecule has 24 heavy (non-hydrogen) atoms. The van der Waals surface area contributed by atoms with Crippen LogP contribution in [0.5, 0.6) is 0 Å². The highest BCUT2D eigenvalue weighted by atomic mass is 35.5. The normalized spacial score (nSPS) is 13.8. The number of fused-ring (bicyclic) bond motifs is 1. The molecule has 4 N–H and O–H groups in total. The van der Waals surface area contributed by atoms with Crippen LogP contribution in [0.1, 0.15) is 31.1 Å². The maximum absolute atomic E-state index is 12.0. The fourth-order valence-electron chi connectivity index (χ4n) is 2.49. The smallest absolute Gasteiger partial charge is 0.412 e. The first kappa shape index (κ1) is 18.2. The molecule has 7 nitrogen and oxygen atoms in total. The molecule has 0 radical (unpaired) electrons. The molecule has 1 aliphatic rings. The molecule has 0 bridgehead atoms. The third kappa shape index (κ3) is 4.44. The van der Waals surface area contributed by atoms with Gasteiger partial charge in [0.2, 0.25) is 0 Å². The van der Waals surface area contributed by atoms with Crippen LogP contribution in [0.3, 0.4) is 0 Å². The molecule has 0 aromatic heterocycles. The molecule has 0 fully saturated rings. The van der Waals surface area contributed by atoms with Crippen molar-refractivity contribution >= 4 is 40.7 Å². The molecule has 1 aromatic carbocycles. The van der Waals surface area contributed by atoms with E-state index in [0.29, 0.717) is 18.1 Å². The van der Waals surface area contributed by atoms with Gasteiger partial charge in [-0.25, -0.2) is 4.79 Å². The third-order valence-corrected chi connectivity index (χ3v) is 3.60. The molecule has 1 aliphatic heterocycles. The lowest BCUT2D eigenvalue weighted by Crippen LogP contribution is -2.36. The average Bonchev–Trinajstić information content (AvgIpc) is 2.44. The standard InChI is InChI=1S/C16H23ClN4O3/c1-16(2,3)24-15(23)20-11-9-12-13(8-10(11)14(18)22)21(6-4-17)7-5-19-12/h8-9,19H,4-7H2,1-3H3,(H2,18,22)(H,20,23). The van der Waals surface area contributed by atoms with Gasteiger partial charge in [0.15, 0.2) is 0 Å². The Bertz CT molecular complexity index is 643. The summed E-state index contributed by atoms with van der Waals surface area (Å²) in [6, 6.07) is 3.36. The maximum atomic E-state index is 12.0. The number of carbonyl (C=O) groups is 2. The van der Waals surface area contributed by atoms with E-state index >= 15 is 0 Å². The zero-order valence-electron chi connectivity index (χ0n) is 14.1. The van der Waals surface area contributed by atoms with Gasteiger partial charge in [0.1, 0.15) is 5.60 Å². The van der Waals surface area contributed by atoms with Gasteiger partial charge in [0, 0.05) is 25.5 Å². The van der Waals surface area contributed by atoms with Crippen molar-refractivity contribution in [2.45, 2.75) is 26.4 Å². The molecule has 2 rings (SSSR count). The van der Waals surface area contributed by atoms with Crippen LogP contribution in [0.4, 0.5) is 21.9 Å². The predicted octanol–water partition coefficient (Wildman–Crippen LogP) is 2.60. The summed E-state index contributed by atoms with van der Waals surface area (Å²) in [7, 11) is 0. The van der Waals surface area contributed by atoms with E-state index in [-0.39, 0.29) is 5.56 Å². The fourth-order valence-corrected chi connectivity index (χ4v) is 2.70. The molecule has 0 saturated heterocycles. The number of primary amides is 1. The molecule has 0 aliphatic carbocycles. The Morgan fingerprint density at radius 3 is 2.71 bits per heavy atom. The highest BCUT2D eigenvalue weighted by Crippen LogP contribution is 2.34.